The van der Waals surface area contributed by atoms with Crippen molar-refractivity contribution < 1.29 is 19.5 Å². The highest BCUT2D eigenvalue weighted by Gasteiger charge is 2.43. The molecular weight excluding hydrogens is 478 g/mol. The van der Waals surface area contributed by atoms with E-state index in [4.69, 9.17) is 0 Å². The fourth-order valence-electron chi connectivity index (χ4n) is 6.20. The highest BCUT2D eigenvalue weighted by atomic mass is 16.3. The lowest BCUT2D eigenvalue weighted by Crippen LogP contribution is -2.53. The summed E-state index contributed by atoms with van der Waals surface area (Å²) in [5.41, 5.74) is 0.767. The summed E-state index contributed by atoms with van der Waals surface area (Å²) in [5, 5.41) is 17.4. The predicted octanol–water partition coefficient (Wildman–Crippen LogP) is 4.22. The van der Waals surface area contributed by atoms with Gasteiger partial charge < -0.3 is 20.6 Å². The molecular formula is C31H49N3O4. The molecule has 0 bridgehead atoms. The molecule has 1 saturated carbocycles. The quantitative estimate of drug-likeness (QED) is 0.335. The number of aliphatic hydroxyl groups excluding tert-OH is 1. The summed E-state index contributed by atoms with van der Waals surface area (Å²) >= 11 is 0. The molecule has 1 aromatic carbocycles. The van der Waals surface area contributed by atoms with E-state index in [1.54, 1.807) is 0 Å². The number of aliphatic hydroxyl groups is 1. The van der Waals surface area contributed by atoms with Gasteiger partial charge in [-0.2, -0.15) is 0 Å². The number of hydrogen-bond donors (Lipinski definition) is 3. The molecule has 3 rings (SSSR count). The predicted molar refractivity (Wildman–Crippen MR) is 150 cm³/mol. The average Bonchev–Trinajstić information content (AvgIpc) is 3.35. The molecule has 0 spiro atoms. The molecule has 3 amide bonds. The van der Waals surface area contributed by atoms with E-state index in [2.05, 4.69) is 31.4 Å². The lowest BCUT2D eigenvalue weighted by Gasteiger charge is -2.45. The van der Waals surface area contributed by atoms with Crippen molar-refractivity contribution in [1.29, 1.82) is 0 Å². The minimum atomic E-state index is -0.843. The van der Waals surface area contributed by atoms with Gasteiger partial charge in [-0.1, -0.05) is 57.0 Å². The highest BCUT2D eigenvalue weighted by molar-refractivity contribution is 5.80. The molecule has 1 saturated heterocycles. The minimum Gasteiger partial charge on any atom is -0.391 e. The second-order valence-corrected chi connectivity index (χ2v) is 12.0. The lowest BCUT2D eigenvalue weighted by atomic mass is 9.71. The Balaban J connectivity index is 1.66. The van der Waals surface area contributed by atoms with Crippen molar-refractivity contribution in [2.24, 2.45) is 17.8 Å². The number of carbonyl (C=O) groups excluding carboxylic acids is 3. The van der Waals surface area contributed by atoms with Gasteiger partial charge in [0.05, 0.1) is 12.1 Å². The van der Waals surface area contributed by atoms with Crippen LogP contribution in [-0.2, 0) is 20.8 Å². The van der Waals surface area contributed by atoms with Crippen LogP contribution < -0.4 is 10.6 Å². The molecule has 1 heterocycles. The van der Waals surface area contributed by atoms with Gasteiger partial charge in [0.15, 0.2) is 0 Å². The first-order valence-electron chi connectivity index (χ1n) is 14.7. The van der Waals surface area contributed by atoms with Gasteiger partial charge in [-0.15, -0.1) is 0 Å². The molecule has 0 aromatic heterocycles. The number of carbonyl (C=O) groups is 3. The van der Waals surface area contributed by atoms with Crippen molar-refractivity contribution in [3.05, 3.63) is 35.9 Å². The molecule has 7 nitrogen and oxygen atoms in total. The van der Waals surface area contributed by atoms with Crippen molar-refractivity contribution >= 4 is 17.7 Å². The number of nitrogens with one attached hydrogen (secondary N) is 2. The van der Waals surface area contributed by atoms with Gasteiger partial charge in [-0.3, -0.25) is 14.4 Å². The van der Waals surface area contributed by atoms with Crippen LogP contribution in [-0.4, -0.2) is 58.5 Å². The summed E-state index contributed by atoms with van der Waals surface area (Å²) < 4.78 is 0. The molecule has 1 unspecified atom stereocenters. The van der Waals surface area contributed by atoms with E-state index >= 15 is 0 Å². The first-order chi connectivity index (χ1) is 18.1. The first kappa shape index (κ1) is 30.1. The first-order valence-corrected chi connectivity index (χ1v) is 14.7. The van der Waals surface area contributed by atoms with Crippen LogP contribution in [0.5, 0.6) is 0 Å². The Morgan fingerprint density at radius 3 is 2.55 bits per heavy atom. The summed E-state index contributed by atoms with van der Waals surface area (Å²) in [6.07, 6.45) is 6.94. The van der Waals surface area contributed by atoms with Crippen LogP contribution in [0.25, 0.3) is 0 Å². The number of nitrogens with zero attached hydrogens (tertiary/aromatic N) is 1. The molecule has 212 valence electrons. The van der Waals surface area contributed by atoms with Crippen LogP contribution >= 0.6 is 0 Å². The number of benzene rings is 1. The third-order valence-electron chi connectivity index (χ3n) is 8.78. The van der Waals surface area contributed by atoms with Crippen LogP contribution in [0.4, 0.5) is 0 Å². The van der Waals surface area contributed by atoms with E-state index in [1.165, 1.54) is 0 Å². The molecule has 3 N–H and O–H groups in total. The molecule has 1 aromatic rings. The number of likely N-dealkylation sites (tertiary alicyclic amines) is 1. The summed E-state index contributed by atoms with van der Waals surface area (Å²) in [6.45, 7) is 9.65. The zero-order valence-corrected chi connectivity index (χ0v) is 23.9. The van der Waals surface area contributed by atoms with Gasteiger partial charge in [0.25, 0.3) is 0 Å². The van der Waals surface area contributed by atoms with Crippen molar-refractivity contribution in [2.45, 2.75) is 110 Å². The van der Waals surface area contributed by atoms with Crippen molar-refractivity contribution in [1.82, 2.24) is 15.5 Å². The Morgan fingerprint density at radius 1 is 1.16 bits per heavy atom. The van der Waals surface area contributed by atoms with Gasteiger partial charge >= 0.3 is 0 Å². The fraction of sp³-hybridized carbons (Fsp3) is 0.710. The van der Waals surface area contributed by atoms with Crippen LogP contribution in [0, 0.1) is 17.8 Å². The molecule has 5 atom stereocenters. The summed E-state index contributed by atoms with van der Waals surface area (Å²) in [4.78, 5) is 40.6. The number of rotatable bonds is 13. The van der Waals surface area contributed by atoms with Crippen LogP contribution in [0.3, 0.4) is 0 Å². The summed E-state index contributed by atoms with van der Waals surface area (Å²) in [5.74, 6) is -0.103. The van der Waals surface area contributed by atoms with E-state index in [-0.39, 0.29) is 47.4 Å². The SMILES string of the molecule is CCCCNC(=O)[C@H](C)C[C@H](O)C(Cc1ccccc1)NC(=O)[C@H]1CCC[C@H](C(C)(C)N2CCCC2=O)C1. The van der Waals surface area contributed by atoms with E-state index in [0.29, 0.717) is 19.4 Å². The van der Waals surface area contributed by atoms with Crippen LogP contribution in [0.1, 0.15) is 91.0 Å². The van der Waals surface area contributed by atoms with E-state index in [1.807, 2.05) is 42.2 Å². The summed E-state index contributed by atoms with van der Waals surface area (Å²) in [7, 11) is 0. The molecule has 1 aliphatic carbocycles. The monoisotopic (exact) mass is 527 g/mol. The Labute approximate surface area is 229 Å². The molecule has 1 aliphatic heterocycles. The number of unbranched alkanes of at least 4 members (excludes halogenated alkanes) is 1. The Bertz CT molecular complexity index is 919. The smallest absolute Gasteiger partial charge is 0.223 e. The highest BCUT2D eigenvalue weighted by Crippen LogP contribution is 2.40. The van der Waals surface area contributed by atoms with Crippen molar-refractivity contribution in [3.63, 3.8) is 0 Å². The fourth-order valence-corrected chi connectivity index (χ4v) is 6.20. The zero-order valence-electron chi connectivity index (χ0n) is 23.9. The normalized spacial score (nSPS) is 22.6. The van der Waals surface area contributed by atoms with E-state index < -0.39 is 12.1 Å². The average molecular weight is 528 g/mol. The van der Waals surface area contributed by atoms with Crippen molar-refractivity contribution in [2.75, 3.05) is 13.1 Å². The Kier molecular flexibility index (Phi) is 11.2. The lowest BCUT2D eigenvalue weighted by molar-refractivity contribution is -0.135. The maximum atomic E-state index is 13.6. The van der Waals surface area contributed by atoms with Crippen LogP contribution in [0.2, 0.25) is 0 Å². The molecule has 7 heteroatoms. The maximum Gasteiger partial charge on any atom is 0.223 e. The maximum absolute atomic E-state index is 13.6. The number of hydrogen-bond acceptors (Lipinski definition) is 4. The van der Waals surface area contributed by atoms with Gasteiger partial charge in [0.1, 0.15) is 0 Å². The third kappa shape index (κ3) is 8.05. The van der Waals surface area contributed by atoms with Crippen molar-refractivity contribution in [3.8, 4) is 0 Å². The largest absolute Gasteiger partial charge is 0.391 e. The molecule has 38 heavy (non-hydrogen) atoms. The molecule has 2 aliphatic rings. The second kappa shape index (κ2) is 14.1. The van der Waals surface area contributed by atoms with Crippen LogP contribution in [0.15, 0.2) is 30.3 Å². The minimum absolute atomic E-state index is 0.0294. The topological polar surface area (TPSA) is 98.7 Å². The van der Waals surface area contributed by atoms with Gasteiger partial charge in [-0.05, 0) is 70.3 Å². The molecule has 2 fully saturated rings. The van der Waals surface area contributed by atoms with E-state index in [0.717, 1.165) is 57.1 Å². The van der Waals surface area contributed by atoms with E-state index in [9.17, 15) is 19.5 Å². The van der Waals surface area contributed by atoms with Gasteiger partial charge in [0, 0.05) is 36.9 Å². The van der Waals surface area contributed by atoms with Gasteiger partial charge in [0.2, 0.25) is 17.7 Å². The Morgan fingerprint density at radius 2 is 1.89 bits per heavy atom. The summed E-state index contributed by atoms with van der Waals surface area (Å²) in [6, 6.07) is 9.38. The Hall–Kier alpha value is -2.41. The third-order valence-corrected chi connectivity index (χ3v) is 8.78. The van der Waals surface area contributed by atoms with Gasteiger partial charge in [-0.25, -0.2) is 0 Å². The standard InChI is InChI=1S/C31H49N3O4/c1-5-6-17-32-29(37)22(2)19-27(35)26(20-23-12-8-7-9-13-23)33-30(38)24-14-10-15-25(21-24)31(3,4)34-18-11-16-28(34)36/h7-9,12-13,22,24-27,35H,5-6,10-11,14-21H2,1-4H3,(H,32,37)(H,33,38)/t22-,24+,25+,26?,27+/m1/s1. The second-order valence-electron chi connectivity index (χ2n) is 12.0. The zero-order chi connectivity index (χ0) is 27.7. The number of amides is 3. The molecule has 0 radical (unpaired) electrons.